The zero-order valence-corrected chi connectivity index (χ0v) is 13.8. The van der Waals surface area contributed by atoms with Crippen molar-refractivity contribution in [1.29, 1.82) is 0 Å². The van der Waals surface area contributed by atoms with Crippen molar-refractivity contribution < 1.29 is 13.2 Å². The maximum Gasteiger partial charge on any atom is 0.419 e. The Morgan fingerprint density at radius 3 is 2.38 bits per heavy atom. The van der Waals surface area contributed by atoms with Crippen molar-refractivity contribution in [3.63, 3.8) is 0 Å². The molecule has 2 aromatic rings. The van der Waals surface area contributed by atoms with Gasteiger partial charge in [0.25, 0.3) is 0 Å². The fourth-order valence-electron chi connectivity index (χ4n) is 3.61. The van der Waals surface area contributed by atoms with E-state index < -0.39 is 11.7 Å². The van der Waals surface area contributed by atoms with Crippen molar-refractivity contribution in [2.45, 2.75) is 13.1 Å². The lowest BCUT2D eigenvalue weighted by Gasteiger charge is -2.24. The van der Waals surface area contributed by atoms with E-state index >= 15 is 0 Å². The number of fused-ring (bicyclic) bond motifs is 1. The minimum absolute atomic E-state index is 0.0534. The molecule has 0 amide bonds. The van der Waals surface area contributed by atoms with E-state index in [1.54, 1.807) is 4.90 Å². The van der Waals surface area contributed by atoms with Crippen LogP contribution in [0.15, 0.2) is 18.3 Å². The maximum atomic E-state index is 13.2. The van der Waals surface area contributed by atoms with Gasteiger partial charge in [-0.3, -0.25) is 0 Å². The average Bonchev–Trinajstić information content (AvgIpc) is 3.19. The molecule has 4 rings (SSSR count). The van der Waals surface area contributed by atoms with E-state index in [1.807, 2.05) is 6.92 Å². The Bertz CT molecular complexity index is 733. The summed E-state index contributed by atoms with van der Waals surface area (Å²) in [5.74, 6) is 1.48. The lowest BCUT2D eigenvalue weighted by Crippen LogP contribution is -2.30. The van der Waals surface area contributed by atoms with E-state index in [9.17, 15) is 13.2 Å². The zero-order chi connectivity index (χ0) is 16.9. The van der Waals surface area contributed by atoms with Gasteiger partial charge < -0.3 is 9.80 Å². The van der Waals surface area contributed by atoms with Gasteiger partial charge in [-0.05, 0) is 19.1 Å². The Labute approximate surface area is 141 Å². The zero-order valence-electron chi connectivity index (χ0n) is 13.0. The van der Waals surface area contributed by atoms with Gasteiger partial charge in [0.2, 0.25) is 5.13 Å². The average molecular weight is 355 g/mol. The predicted molar refractivity (Wildman–Crippen MR) is 85.3 cm³/mol. The Morgan fingerprint density at radius 2 is 1.79 bits per heavy atom. The third-order valence-corrected chi connectivity index (χ3v) is 5.53. The first-order valence-corrected chi connectivity index (χ1v) is 8.51. The molecule has 2 fully saturated rings. The Balaban J connectivity index is 1.50. The fourth-order valence-corrected chi connectivity index (χ4v) is 4.30. The minimum Gasteiger partial charge on any atom is -0.355 e. The lowest BCUT2D eigenvalue weighted by atomic mass is 10.0. The van der Waals surface area contributed by atoms with Crippen LogP contribution in [0.4, 0.5) is 24.1 Å². The second kappa shape index (κ2) is 5.58. The number of rotatable bonds is 2. The molecule has 0 radical (unpaired) electrons. The Kier molecular flexibility index (Phi) is 3.63. The number of alkyl halides is 3. The molecule has 0 aromatic carbocycles. The molecule has 0 N–H and O–H groups in total. The van der Waals surface area contributed by atoms with Crippen LogP contribution in [0.5, 0.6) is 0 Å². The Hall–Kier alpha value is -1.90. The highest BCUT2D eigenvalue weighted by Gasteiger charge is 2.44. The van der Waals surface area contributed by atoms with Gasteiger partial charge in [0, 0.05) is 55.7 Å². The van der Waals surface area contributed by atoms with Crippen LogP contribution in [0.1, 0.15) is 11.4 Å². The predicted octanol–water partition coefficient (Wildman–Crippen LogP) is 2.83. The highest BCUT2D eigenvalue weighted by atomic mass is 32.1. The number of halogens is 3. The fraction of sp³-hybridized carbons (Fsp3) is 0.533. The molecule has 0 bridgehead atoms. The first-order chi connectivity index (χ1) is 11.4. The van der Waals surface area contributed by atoms with Crippen LogP contribution in [-0.2, 0) is 6.18 Å². The van der Waals surface area contributed by atoms with Crippen molar-refractivity contribution in [3.8, 4) is 0 Å². The van der Waals surface area contributed by atoms with Crippen LogP contribution in [0.25, 0.3) is 0 Å². The SMILES string of the molecule is Cc1nsc(N2CC3CN(c4ncccc4C(F)(F)F)CC3C2)n1. The number of hydrogen-bond donors (Lipinski definition) is 0. The van der Waals surface area contributed by atoms with Gasteiger partial charge in [0.15, 0.2) is 0 Å². The summed E-state index contributed by atoms with van der Waals surface area (Å²) in [5.41, 5.74) is -0.651. The number of nitrogens with zero attached hydrogens (tertiary/aromatic N) is 5. The molecule has 9 heteroatoms. The summed E-state index contributed by atoms with van der Waals surface area (Å²) in [7, 11) is 0. The summed E-state index contributed by atoms with van der Waals surface area (Å²) in [6.07, 6.45) is -2.95. The van der Waals surface area contributed by atoms with Crippen LogP contribution >= 0.6 is 11.5 Å². The second-order valence-corrected chi connectivity index (χ2v) is 7.06. The van der Waals surface area contributed by atoms with Gasteiger partial charge in [-0.15, -0.1) is 0 Å². The third-order valence-electron chi connectivity index (χ3n) is 4.67. The van der Waals surface area contributed by atoms with Crippen molar-refractivity contribution in [2.75, 3.05) is 36.0 Å². The molecule has 2 aromatic heterocycles. The molecular formula is C15H16F3N5S. The van der Waals surface area contributed by atoms with Gasteiger partial charge in [-0.2, -0.15) is 17.5 Å². The van der Waals surface area contributed by atoms with E-state index in [2.05, 4.69) is 19.2 Å². The number of aryl methyl sites for hydroxylation is 1. The summed E-state index contributed by atoms with van der Waals surface area (Å²) in [5, 5.41) is 0.905. The number of hydrogen-bond acceptors (Lipinski definition) is 6. The summed E-state index contributed by atoms with van der Waals surface area (Å²) in [6, 6.07) is 2.44. The van der Waals surface area contributed by atoms with Crippen LogP contribution < -0.4 is 9.80 Å². The molecule has 2 aliphatic heterocycles. The Morgan fingerprint density at radius 1 is 1.12 bits per heavy atom. The highest BCUT2D eigenvalue weighted by molar-refractivity contribution is 7.09. The summed E-state index contributed by atoms with van der Waals surface area (Å²) in [4.78, 5) is 12.4. The van der Waals surface area contributed by atoms with Crippen LogP contribution in [0, 0.1) is 18.8 Å². The van der Waals surface area contributed by atoms with Crippen LogP contribution in [0.3, 0.4) is 0 Å². The van der Waals surface area contributed by atoms with E-state index in [0.29, 0.717) is 24.9 Å². The molecule has 0 saturated carbocycles. The normalized spacial score (nSPS) is 23.8. The first-order valence-electron chi connectivity index (χ1n) is 7.74. The molecule has 0 spiro atoms. The quantitative estimate of drug-likeness (QED) is 0.829. The molecule has 2 saturated heterocycles. The number of aromatic nitrogens is 3. The van der Waals surface area contributed by atoms with Crippen LogP contribution in [-0.4, -0.2) is 40.5 Å². The molecule has 24 heavy (non-hydrogen) atoms. The standard InChI is InChI=1S/C15H16F3N5S/c1-9-20-14(24-21-9)23-7-10-5-22(6-11(10)8-23)13-12(15(16,17)18)3-2-4-19-13/h2-4,10-11H,5-8H2,1H3. The third kappa shape index (κ3) is 2.70. The summed E-state index contributed by atoms with van der Waals surface area (Å²) < 4.78 is 43.8. The molecule has 128 valence electrons. The molecule has 2 unspecified atom stereocenters. The topological polar surface area (TPSA) is 45.2 Å². The first kappa shape index (κ1) is 15.6. The van der Waals surface area contributed by atoms with Crippen LogP contribution in [0.2, 0.25) is 0 Å². The number of pyridine rings is 1. The van der Waals surface area contributed by atoms with Crippen molar-refractivity contribution in [3.05, 3.63) is 29.7 Å². The van der Waals surface area contributed by atoms with Crippen molar-refractivity contribution in [2.24, 2.45) is 11.8 Å². The molecule has 2 atom stereocenters. The van der Waals surface area contributed by atoms with Gasteiger partial charge in [-0.25, -0.2) is 9.97 Å². The maximum absolute atomic E-state index is 13.2. The molecule has 2 aliphatic rings. The van der Waals surface area contributed by atoms with Gasteiger partial charge in [0.05, 0.1) is 5.56 Å². The molecular weight excluding hydrogens is 339 g/mol. The molecule has 5 nitrogen and oxygen atoms in total. The smallest absolute Gasteiger partial charge is 0.355 e. The summed E-state index contributed by atoms with van der Waals surface area (Å²) >= 11 is 1.38. The van der Waals surface area contributed by atoms with Gasteiger partial charge in [-0.1, -0.05) is 0 Å². The summed E-state index contributed by atoms with van der Waals surface area (Å²) in [6.45, 7) is 4.67. The molecule has 0 aliphatic carbocycles. The van der Waals surface area contributed by atoms with Crippen molar-refractivity contribution in [1.82, 2.24) is 14.3 Å². The highest BCUT2D eigenvalue weighted by Crippen LogP contribution is 2.40. The largest absolute Gasteiger partial charge is 0.419 e. The van der Waals surface area contributed by atoms with Gasteiger partial charge >= 0.3 is 6.18 Å². The van der Waals surface area contributed by atoms with E-state index in [0.717, 1.165) is 30.1 Å². The monoisotopic (exact) mass is 355 g/mol. The van der Waals surface area contributed by atoms with Crippen molar-refractivity contribution >= 4 is 22.5 Å². The van der Waals surface area contributed by atoms with E-state index in [-0.39, 0.29) is 5.82 Å². The van der Waals surface area contributed by atoms with E-state index in [1.165, 1.54) is 23.8 Å². The van der Waals surface area contributed by atoms with E-state index in [4.69, 9.17) is 0 Å². The second-order valence-electron chi connectivity index (χ2n) is 6.33. The lowest BCUT2D eigenvalue weighted by molar-refractivity contribution is -0.137. The molecule has 4 heterocycles. The minimum atomic E-state index is -4.38. The van der Waals surface area contributed by atoms with Gasteiger partial charge in [0.1, 0.15) is 11.6 Å². The number of anilines is 2.